The molecule has 0 aromatic carbocycles. The topological polar surface area (TPSA) is 113 Å². The lowest BCUT2D eigenvalue weighted by Gasteiger charge is -2.05. The average Bonchev–Trinajstić information content (AvgIpc) is 2.75. The maximum absolute atomic E-state index is 12.5. The van der Waals surface area contributed by atoms with Crippen LogP contribution in [0.4, 0.5) is 24.8 Å². The molecule has 0 atom stereocenters. The highest BCUT2D eigenvalue weighted by Crippen LogP contribution is 2.29. The molecule has 2 aromatic rings. The first-order valence-electron chi connectivity index (χ1n) is 5.12. The lowest BCUT2D eigenvalue weighted by atomic mass is 10.3. The Kier molecular flexibility index (Phi) is 3.04. The third-order valence-corrected chi connectivity index (χ3v) is 2.34. The molecule has 0 aliphatic rings. The predicted octanol–water partition coefficient (Wildman–Crippen LogP) is 1.48. The molecule has 0 fully saturated rings. The van der Waals surface area contributed by atoms with Crippen molar-refractivity contribution in [2.24, 2.45) is 0 Å². The van der Waals surface area contributed by atoms with Gasteiger partial charge in [-0.05, 0) is 13.0 Å². The van der Waals surface area contributed by atoms with Crippen molar-refractivity contribution in [1.82, 2.24) is 19.7 Å². The lowest BCUT2D eigenvalue weighted by Crippen LogP contribution is -2.11. The van der Waals surface area contributed by atoms with Crippen molar-refractivity contribution < 1.29 is 18.1 Å². The summed E-state index contributed by atoms with van der Waals surface area (Å²) in [6.45, 7) is 1.30. The molecule has 0 saturated carbocycles. The first-order chi connectivity index (χ1) is 9.20. The van der Waals surface area contributed by atoms with E-state index in [1.165, 1.54) is 6.92 Å². The summed E-state index contributed by atoms with van der Waals surface area (Å²) in [5.74, 6) is -0.720. The second kappa shape index (κ2) is 4.43. The minimum Gasteiger partial charge on any atom is -0.368 e. The first-order valence-corrected chi connectivity index (χ1v) is 5.12. The number of rotatable bonds is 2. The van der Waals surface area contributed by atoms with Gasteiger partial charge in [0.05, 0.1) is 4.92 Å². The van der Waals surface area contributed by atoms with Crippen LogP contribution in [0, 0.1) is 17.0 Å². The standard InChI is InChI=1S/C9H7F3N6O2/c1-4-6(18(19)20)7(15-8(13)14-4)17-3-2-5(16-17)9(10,11)12/h2-3H,1H3,(H2,13,14,15). The van der Waals surface area contributed by atoms with Gasteiger partial charge in [-0.2, -0.15) is 23.3 Å². The number of nitrogen functional groups attached to an aromatic ring is 1. The molecule has 0 aliphatic carbocycles. The third kappa shape index (κ3) is 2.37. The van der Waals surface area contributed by atoms with Gasteiger partial charge >= 0.3 is 11.9 Å². The highest BCUT2D eigenvalue weighted by Gasteiger charge is 2.34. The molecule has 2 N–H and O–H groups in total. The van der Waals surface area contributed by atoms with Gasteiger partial charge in [-0.15, -0.1) is 0 Å². The summed E-state index contributed by atoms with van der Waals surface area (Å²) >= 11 is 0. The van der Waals surface area contributed by atoms with Gasteiger partial charge in [0.1, 0.15) is 5.69 Å². The summed E-state index contributed by atoms with van der Waals surface area (Å²) in [4.78, 5) is 17.3. The molecule has 0 aliphatic heterocycles. The van der Waals surface area contributed by atoms with Crippen LogP contribution in [0.3, 0.4) is 0 Å². The van der Waals surface area contributed by atoms with Crippen LogP contribution in [0.5, 0.6) is 0 Å². The van der Waals surface area contributed by atoms with Gasteiger partial charge in [0.15, 0.2) is 5.69 Å². The summed E-state index contributed by atoms with van der Waals surface area (Å²) in [5, 5.41) is 14.2. The fourth-order valence-electron chi connectivity index (χ4n) is 1.54. The summed E-state index contributed by atoms with van der Waals surface area (Å²) in [6.07, 6.45) is -3.75. The van der Waals surface area contributed by atoms with Gasteiger partial charge in [0.2, 0.25) is 11.8 Å². The fourth-order valence-corrected chi connectivity index (χ4v) is 1.54. The van der Waals surface area contributed by atoms with Crippen molar-refractivity contribution in [2.45, 2.75) is 13.1 Å². The monoisotopic (exact) mass is 288 g/mol. The number of aryl methyl sites for hydroxylation is 1. The molecule has 2 aromatic heterocycles. The maximum atomic E-state index is 12.5. The molecule has 0 radical (unpaired) electrons. The number of anilines is 1. The van der Waals surface area contributed by atoms with Crippen molar-refractivity contribution in [3.05, 3.63) is 33.8 Å². The number of alkyl halides is 3. The van der Waals surface area contributed by atoms with Gasteiger partial charge in [-0.25, -0.2) is 9.67 Å². The number of hydrogen-bond donors (Lipinski definition) is 1. The number of hydrogen-bond acceptors (Lipinski definition) is 6. The molecule has 20 heavy (non-hydrogen) atoms. The van der Waals surface area contributed by atoms with Crippen LogP contribution in [0.1, 0.15) is 11.4 Å². The quantitative estimate of drug-likeness (QED) is 0.661. The Balaban J connectivity index is 2.63. The van der Waals surface area contributed by atoms with Gasteiger partial charge < -0.3 is 5.73 Å². The number of nitrogens with two attached hydrogens (primary N) is 1. The van der Waals surface area contributed by atoms with Crippen molar-refractivity contribution in [2.75, 3.05) is 5.73 Å². The van der Waals surface area contributed by atoms with Crippen molar-refractivity contribution in [3.63, 3.8) is 0 Å². The fraction of sp³-hybridized carbons (Fsp3) is 0.222. The van der Waals surface area contributed by atoms with E-state index in [0.29, 0.717) is 10.7 Å². The largest absolute Gasteiger partial charge is 0.435 e. The highest BCUT2D eigenvalue weighted by atomic mass is 19.4. The lowest BCUT2D eigenvalue weighted by molar-refractivity contribution is -0.385. The Morgan fingerprint density at radius 2 is 2.05 bits per heavy atom. The van der Waals surface area contributed by atoms with Crippen LogP contribution in [-0.4, -0.2) is 24.7 Å². The van der Waals surface area contributed by atoms with Crippen LogP contribution >= 0.6 is 0 Å². The normalized spacial score (nSPS) is 11.6. The Bertz CT molecular complexity index is 681. The van der Waals surface area contributed by atoms with Crippen LogP contribution in [-0.2, 0) is 6.18 Å². The molecule has 11 heteroatoms. The Hall–Kier alpha value is -2.72. The van der Waals surface area contributed by atoms with E-state index < -0.39 is 28.3 Å². The Morgan fingerprint density at radius 1 is 1.40 bits per heavy atom. The Morgan fingerprint density at radius 3 is 2.55 bits per heavy atom. The third-order valence-electron chi connectivity index (χ3n) is 2.34. The first kappa shape index (κ1) is 13.7. The van der Waals surface area contributed by atoms with E-state index in [1.807, 2.05) is 0 Å². The molecule has 106 valence electrons. The van der Waals surface area contributed by atoms with Crippen LogP contribution in [0.15, 0.2) is 12.3 Å². The van der Waals surface area contributed by atoms with E-state index in [2.05, 4.69) is 15.1 Å². The summed E-state index contributed by atoms with van der Waals surface area (Å²) in [5.41, 5.74) is 3.53. The molecule has 0 bridgehead atoms. The minimum atomic E-state index is -4.66. The van der Waals surface area contributed by atoms with Crippen LogP contribution < -0.4 is 5.73 Å². The predicted molar refractivity (Wildman–Crippen MR) is 60.0 cm³/mol. The summed E-state index contributed by atoms with van der Waals surface area (Å²) < 4.78 is 38.0. The zero-order valence-corrected chi connectivity index (χ0v) is 9.92. The maximum Gasteiger partial charge on any atom is 0.435 e. The average molecular weight is 288 g/mol. The molecular weight excluding hydrogens is 281 g/mol. The van der Waals surface area contributed by atoms with Crippen molar-refractivity contribution >= 4 is 11.6 Å². The molecule has 0 amide bonds. The zero-order valence-electron chi connectivity index (χ0n) is 9.92. The second-order valence-corrected chi connectivity index (χ2v) is 3.74. The molecule has 2 rings (SSSR count). The highest BCUT2D eigenvalue weighted by molar-refractivity contribution is 5.52. The Labute approximate surface area is 109 Å². The molecule has 2 heterocycles. The van der Waals surface area contributed by atoms with E-state index in [-0.39, 0.29) is 11.6 Å². The van der Waals surface area contributed by atoms with E-state index in [0.717, 1.165) is 6.20 Å². The van der Waals surface area contributed by atoms with Gasteiger partial charge in [-0.3, -0.25) is 10.1 Å². The molecule has 0 saturated heterocycles. The number of nitrogens with zero attached hydrogens (tertiary/aromatic N) is 5. The number of nitro groups is 1. The second-order valence-electron chi connectivity index (χ2n) is 3.74. The van der Waals surface area contributed by atoms with Crippen LogP contribution in [0.2, 0.25) is 0 Å². The summed E-state index contributed by atoms with van der Waals surface area (Å²) in [7, 11) is 0. The van der Waals surface area contributed by atoms with Gasteiger partial charge in [0, 0.05) is 6.20 Å². The van der Waals surface area contributed by atoms with Crippen LogP contribution in [0.25, 0.3) is 5.82 Å². The van der Waals surface area contributed by atoms with Gasteiger partial charge in [0.25, 0.3) is 0 Å². The molecule has 0 unspecified atom stereocenters. The van der Waals surface area contributed by atoms with E-state index in [4.69, 9.17) is 5.73 Å². The summed E-state index contributed by atoms with van der Waals surface area (Å²) in [6, 6.07) is 0.678. The van der Waals surface area contributed by atoms with E-state index in [9.17, 15) is 23.3 Å². The van der Waals surface area contributed by atoms with Crippen molar-refractivity contribution in [1.29, 1.82) is 0 Å². The van der Waals surface area contributed by atoms with E-state index in [1.54, 1.807) is 0 Å². The number of aromatic nitrogens is 4. The minimum absolute atomic E-state index is 0.0680. The van der Waals surface area contributed by atoms with E-state index >= 15 is 0 Å². The molecular formula is C9H7F3N6O2. The molecule has 0 spiro atoms. The van der Waals surface area contributed by atoms with Crippen molar-refractivity contribution in [3.8, 4) is 5.82 Å². The SMILES string of the molecule is Cc1nc(N)nc(-n2ccc(C(F)(F)F)n2)c1[N+](=O)[O-]. The zero-order chi connectivity index (χ0) is 15.1. The van der Waals surface area contributed by atoms with Gasteiger partial charge in [-0.1, -0.05) is 0 Å². The number of halogens is 3. The smallest absolute Gasteiger partial charge is 0.368 e. The molecule has 8 nitrogen and oxygen atoms in total.